The van der Waals surface area contributed by atoms with E-state index in [0.29, 0.717) is 5.41 Å². The summed E-state index contributed by atoms with van der Waals surface area (Å²) in [5, 5.41) is 12.2. The van der Waals surface area contributed by atoms with Crippen molar-refractivity contribution in [1.29, 1.82) is 0 Å². The second-order valence-corrected chi connectivity index (χ2v) is 18.3. The number of anilines is 2. The molecule has 10 heteroatoms. The number of aromatic nitrogens is 2. The van der Waals surface area contributed by atoms with Gasteiger partial charge in [0.1, 0.15) is 0 Å². The molecular formula is C47H56N6O2S2. The zero-order valence-corrected chi connectivity index (χ0v) is 35.4. The number of aromatic amines is 2. The normalized spacial score (nSPS) is 15.2. The van der Waals surface area contributed by atoms with Crippen LogP contribution in [0.4, 0.5) is 11.4 Å². The fraction of sp³-hybridized carbons (Fsp3) is 0.362. The van der Waals surface area contributed by atoms with Gasteiger partial charge in [-0.15, -0.1) is 22.7 Å². The Morgan fingerprint density at radius 2 is 1.23 bits per heavy atom. The molecule has 0 saturated heterocycles. The number of carbonyl (C=O) groups excluding carboxylic acids is 2. The van der Waals surface area contributed by atoms with E-state index < -0.39 is 0 Å². The highest BCUT2D eigenvalue weighted by molar-refractivity contribution is 7.12. The van der Waals surface area contributed by atoms with Gasteiger partial charge >= 0.3 is 0 Å². The molecule has 2 aliphatic rings. The van der Waals surface area contributed by atoms with Crippen molar-refractivity contribution in [2.24, 2.45) is 5.41 Å². The minimum atomic E-state index is -0.0545. The second kappa shape index (κ2) is 18.7. The van der Waals surface area contributed by atoms with E-state index in [9.17, 15) is 9.59 Å². The Labute approximate surface area is 345 Å². The predicted octanol–water partition coefficient (Wildman–Crippen LogP) is 11.8. The van der Waals surface area contributed by atoms with Crippen molar-refractivity contribution >= 4 is 78.8 Å². The molecule has 8 rings (SSSR count). The fourth-order valence-corrected chi connectivity index (χ4v) is 9.06. The van der Waals surface area contributed by atoms with Crippen LogP contribution in [0.2, 0.25) is 0 Å². The van der Waals surface area contributed by atoms with Crippen LogP contribution in [0, 0.1) is 5.41 Å². The van der Waals surface area contributed by atoms with E-state index in [1.807, 2.05) is 59.3 Å². The number of unbranched alkanes of at least 4 members (excludes halogenated alkanes) is 3. The molecule has 0 aliphatic carbocycles. The van der Waals surface area contributed by atoms with Crippen LogP contribution in [0.15, 0.2) is 96.0 Å². The summed E-state index contributed by atoms with van der Waals surface area (Å²) in [7, 11) is 0. The predicted molar refractivity (Wildman–Crippen MR) is 243 cm³/mol. The van der Waals surface area contributed by atoms with Gasteiger partial charge in [-0.1, -0.05) is 71.2 Å². The van der Waals surface area contributed by atoms with Crippen LogP contribution in [0.25, 0.3) is 33.0 Å². The van der Waals surface area contributed by atoms with Crippen LogP contribution in [-0.4, -0.2) is 70.9 Å². The third-order valence-corrected chi connectivity index (χ3v) is 12.4. The van der Waals surface area contributed by atoms with Gasteiger partial charge in [-0.2, -0.15) is 0 Å². The summed E-state index contributed by atoms with van der Waals surface area (Å²) in [4.78, 5) is 38.0. The summed E-state index contributed by atoms with van der Waals surface area (Å²) >= 11 is 2.91. The lowest BCUT2D eigenvalue weighted by Crippen LogP contribution is -2.35. The lowest BCUT2D eigenvalue weighted by atomic mass is 9.93. The Kier molecular flexibility index (Phi) is 13.3. The Bertz CT molecular complexity index is 2320. The molecule has 57 heavy (non-hydrogen) atoms. The van der Waals surface area contributed by atoms with Crippen molar-refractivity contribution in [3.63, 3.8) is 0 Å². The van der Waals surface area contributed by atoms with E-state index in [0.717, 1.165) is 77.7 Å². The first-order chi connectivity index (χ1) is 27.6. The maximum atomic E-state index is 12.4. The van der Waals surface area contributed by atoms with Crippen LogP contribution in [0.3, 0.4) is 0 Å². The number of H-pyrrole nitrogens is 2. The first-order valence-corrected chi connectivity index (χ1v) is 22.1. The first kappa shape index (κ1) is 40.5. The van der Waals surface area contributed by atoms with Crippen LogP contribution >= 0.6 is 22.7 Å². The van der Waals surface area contributed by atoms with Gasteiger partial charge in [-0.3, -0.25) is 19.4 Å². The highest BCUT2D eigenvalue weighted by atomic mass is 32.1. The van der Waals surface area contributed by atoms with Crippen molar-refractivity contribution in [3.05, 3.63) is 117 Å². The van der Waals surface area contributed by atoms with Gasteiger partial charge < -0.3 is 20.6 Å². The second-order valence-electron chi connectivity index (χ2n) is 16.4. The largest absolute Gasteiger partial charge is 0.361 e. The Morgan fingerprint density at radius 1 is 0.702 bits per heavy atom. The molecule has 4 aromatic heterocycles. The minimum Gasteiger partial charge on any atom is -0.361 e. The zero-order chi connectivity index (χ0) is 39.8. The van der Waals surface area contributed by atoms with Crippen LogP contribution in [0.1, 0.15) is 96.7 Å². The highest BCUT2D eigenvalue weighted by Gasteiger charge is 2.21. The minimum absolute atomic E-state index is 0.0490. The van der Waals surface area contributed by atoms with Crippen molar-refractivity contribution in [3.8, 4) is 0 Å². The van der Waals surface area contributed by atoms with Gasteiger partial charge in [0.15, 0.2) is 0 Å². The topological polar surface area (TPSA) is 96.3 Å². The molecule has 0 saturated carbocycles. The van der Waals surface area contributed by atoms with Crippen molar-refractivity contribution in [2.75, 3.05) is 49.9 Å². The molecule has 2 aliphatic heterocycles. The van der Waals surface area contributed by atoms with Crippen molar-refractivity contribution < 1.29 is 9.59 Å². The summed E-state index contributed by atoms with van der Waals surface area (Å²) < 4.78 is 0. The Morgan fingerprint density at radius 3 is 1.67 bits per heavy atom. The maximum Gasteiger partial charge on any atom is 0.265 e. The standard InChI is InChI=1S/C24H29N3OS.C23H27N3OS/c1-2-3-4-5-12-27-13-10-18(11-14-27)21-17-25-22-9-8-19(16-20(21)22)26-24(28)23-7-6-15-29-23;1-23(2,3)15-26-10-8-16(9-11-26)19-14-24-20-7-6-17(13-18(19)20)25-22(27)21-5-4-12-28-21/h6-10,15-17,25H,2-5,11-14H2,1H3,(H,26,28);4-8,12-14,24H,9-11,15H2,1-3H3,(H,25,27). The lowest BCUT2D eigenvalue weighted by molar-refractivity contribution is 0.102. The van der Waals surface area contributed by atoms with E-state index in [1.54, 1.807) is 0 Å². The zero-order valence-electron chi connectivity index (χ0n) is 33.8. The van der Waals surface area contributed by atoms with Gasteiger partial charge in [-0.25, -0.2) is 0 Å². The van der Waals surface area contributed by atoms with Crippen molar-refractivity contribution in [1.82, 2.24) is 19.8 Å². The quantitative estimate of drug-likeness (QED) is 0.0927. The molecule has 6 heterocycles. The molecule has 6 aromatic rings. The fourth-order valence-electron chi connectivity index (χ4n) is 7.82. The monoisotopic (exact) mass is 800 g/mol. The molecule has 0 spiro atoms. The van der Waals surface area contributed by atoms with Gasteiger partial charge in [0.25, 0.3) is 11.8 Å². The van der Waals surface area contributed by atoms with Gasteiger partial charge in [0.05, 0.1) is 9.75 Å². The number of nitrogens with one attached hydrogen (secondary N) is 4. The average Bonchev–Trinajstić information content (AvgIpc) is 4.05. The number of rotatable bonds is 12. The molecule has 0 atom stereocenters. The highest BCUT2D eigenvalue weighted by Crippen LogP contribution is 2.33. The first-order valence-electron chi connectivity index (χ1n) is 20.4. The van der Waals surface area contributed by atoms with E-state index in [1.165, 1.54) is 87.9 Å². The number of fused-ring (bicyclic) bond motifs is 2. The van der Waals surface area contributed by atoms with E-state index in [2.05, 4.69) is 94.8 Å². The summed E-state index contributed by atoms with van der Waals surface area (Å²) in [5.41, 5.74) is 9.50. The van der Waals surface area contributed by atoms with E-state index in [4.69, 9.17) is 0 Å². The molecule has 4 N–H and O–H groups in total. The molecule has 298 valence electrons. The van der Waals surface area contributed by atoms with Gasteiger partial charge in [0.2, 0.25) is 0 Å². The number of hydrogen-bond acceptors (Lipinski definition) is 6. The molecule has 8 nitrogen and oxygen atoms in total. The Hall–Kier alpha value is -4.74. The smallest absolute Gasteiger partial charge is 0.265 e. The third kappa shape index (κ3) is 10.6. The maximum absolute atomic E-state index is 12.4. The number of nitrogens with zero attached hydrogens (tertiary/aromatic N) is 2. The third-order valence-electron chi connectivity index (χ3n) is 10.7. The summed E-state index contributed by atoms with van der Waals surface area (Å²) in [6.07, 6.45) is 16.3. The van der Waals surface area contributed by atoms with Gasteiger partial charge in [0, 0.05) is 89.4 Å². The Balaban J connectivity index is 0.000000174. The van der Waals surface area contributed by atoms with E-state index in [-0.39, 0.29) is 11.8 Å². The lowest BCUT2D eigenvalue weighted by Gasteiger charge is -2.32. The number of amides is 2. The van der Waals surface area contributed by atoms with Gasteiger partial charge in [-0.05, 0) is 102 Å². The number of benzene rings is 2. The molecule has 0 radical (unpaired) electrons. The van der Waals surface area contributed by atoms with Crippen LogP contribution in [0.5, 0.6) is 0 Å². The molecule has 0 fully saturated rings. The number of thiophene rings is 2. The summed E-state index contributed by atoms with van der Waals surface area (Å²) in [5.74, 6) is -0.104. The summed E-state index contributed by atoms with van der Waals surface area (Å²) in [6.45, 7) is 15.7. The van der Waals surface area contributed by atoms with Crippen LogP contribution < -0.4 is 10.6 Å². The van der Waals surface area contributed by atoms with Crippen LogP contribution in [-0.2, 0) is 0 Å². The average molecular weight is 801 g/mol. The molecule has 0 bridgehead atoms. The summed E-state index contributed by atoms with van der Waals surface area (Å²) in [6, 6.07) is 19.7. The van der Waals surface area contributed by atoms with E-state index >= 15 is 0 Å². The number of carbonyl (C=O) groups is 2. The molecule has 2 aromatic carbocycles. The molecule has 2 amide bonds. The SMILES string of the molecule is CC(C)(C)CN1CC=C(c2c[nH]c3ccc(NC(=O)c4cccs4)cc23)CC1.CCCCCCN1CC=C(c2c[nH]c3ccc(NC(=O)c4cccs4)cc23)CC1. The van der Waals surface area contributed by atoms with Crippen molar-refractivity contribution in [2.45, 2.75) is 66.2 Å². The number of hydrogen-bond donors (Lipinski definition) is 4. The molecular weight excluding hydrogens is 745 g/mol. The molecule has 0 unspecified atom stereocenters.